The number of halogens is 2. The van der Waals surface area contributed by atoms with Crippen molar-refractivity contribution in [2.24, 2.45) is 20.0 Å². The number of hydrogen-bond acceptors (Lipinski definition) is 8. The van der Waals surface area contributed by atoms with Crippen LogP contribution in [0.1, 0.15) is 40.5 Å². The van der Waals surface area contributed by atoms with Crippen molar-refractivity contribution in [3.05, 3.63) is 90.2 Å². The zero-order valence-electron chi connectivity index (χ0n) is 25.2. The second-order valence-electron chi connectivity index (χ2n) is 11.4. The predicted octanol–water partition coefficient (Wildman–Crippen LogP) is 4.17. The van der Waals surface area contributed by atoms with E-state index in [1.165, 1.54) is 14.1 Å². The summed E-state index contributed by atoms with van der Waals surface area (Å²) in [6.07, 6.45) is 2.25. The first-order valence-electron chi connectivity index (χ1n) is 14.6. The van der Waals surface area contributed by atoms with Crippen LogP contribution in [0.15, 0.2) is 52.1 Å². The molecule has 1 saturated heterocycles. The first-order valence-corrected chi connectivity index (χ1v) is 15.3. The fraction of sp³-hybridized carbons (Fsp3) is 0.312. The number of carbonyl (C=O) groups is 2. The molecular weight excluding hydrogens is 635 g/mol. The Hall–Kier alpha value is -4.52. The third-order valence-electron chi connectivity index (χ3n) is 8.68. The maximum atomic E-state index is 13.0. The average Bonchev–Trinajstić information content (AvgIpc) is 3.70. The highest BCUT2D eigenvalue weighted by Gasteiger charge is 2.38. The number of nitrogens with one attached hydrogen (secondary N) is 1. The van der Waals surface area contributed by atoms with Crippen LogP contribution in [0.5, 0.6) is 5.88 Å². The lowest BCUT2D eigenvalue weighted by molar-refractivity contribution is -0.141. The Balaban J connectivity index is 1.33. The average molecular weight is 666 g/mol. The number of fused-ring (bicyclic) bond motifs is 1. The van der Waals surface area contributed by atoms with Gasteiger partial charge in [-0.15, -0.1) is 0 Å². The van der Waals surface area contributed by atoms with E-state index in [4.69, 9.17) is 32.9 Å². The molecule has 4 aromatic rings. The van der Waals surface area contributed by atoms with Gasteiger partial charge in [-0.05, 0) is 43.5 Å². The molecule has 46 heavy (non-hydrogen) atoms. The molecule has 2 aromatic carbocycles. The number of hydrogen-bond donors (Lipinski definition) is 2. The van der Waals surface area contributed by atoms with Crippen LogP contribution in [-0.4, -0.2) is 61.4 Å². The van der Waals surface area contributed by atoms with Crippen LogP contribution in [0.25, 0.3) is 22.4 Å². The first-order chi connectivity index (χ1) is 22.0. The zero-order chi connectivity index (χ0) is 32.9. The fourth-order valence-corrected chi connectivity index (χ4v) is 6.91. The molecule has 1 aliphatic carbocycles. The number of amides is 1. The summed E-state index contributed by atoms with van der Waals surface area (Å²) >= 11 is 13.8. The van der Waals surface area contributed by atoms with Crippen molar-refractivity contribution >= 4 is 40.8 Å². The Morgan fingerprint density at radius 1 is 1.02 bits per heavy atom. The van der Waals surface area contributed by atoms with Crippen LogP contribution in [0.2, 0.25) is 10.0 Å². The van der Waals surface area contributed by atoms with E-state index in [1.807, 2.05) is 18.2 Å². The number of nitrogens with zero attached hydrogens (tertiary/aromatic N) is 5. The van der Waals surface area contributed by atoms with E-state index < -0.39 is 28.8 Å². The van der Waals surface area contributed by atoms with E-state index in [2.05, 4.69) is 15.3 Å². The van der Waals surface area contributed by atoms with E-state index in [0.717, 1.165) is 33.2 Å². The molecule has 0 spiro atoms. The summed E-state index contributed by atoms with van der Waals surface area (Å²) in [5.41, 5.74) is 2.71. The maximum Gasteiger partial charge on any atom is 0.346 e. The molecular formula is C32H30Cl2N6O6. The molecule has 1 aliphatic heterocycles. The van der Waals surface area contributed by atoms with E-state index in [1.54, 1.807) is 31.4 Å². The summed E-state index contributed by atoms with van der Waals surface area (Å²) in [7, 11) is 4.18. The molecule has 0 bridgehead atoms. The van der Waals surface area contributed by atoms with Crippen molar-refractivity contribution in [2.45, 2.75) is 25.3 Å². The van der Waals surface area contributed by atoms with Gasteiger partial charge in [0.15, 0.2) is 0 Å². The first kappa shape index (κ1) is 31.5. The van der Waals surface area contributed by atoms with Crippen molar-refractivity contribution in [3.8, 4) is 28.3 Å². The molecule has 2 atom stereocenters. The standard InChI is InChI=1S/C32H30Cl2N6O6/c1-38-30(42)27(37-39(2)32(38)45)28(41)35-21-9-5-7-19(26(21)34)18-6-4-8-20(25(18)33)22-14-16-10-11-23(24(16)29(36-22)46-3)40-13-12-17(15-40)31(43)44/h4-9,14,17,23H,10-13,15H2,1-3H3,(H,35,41)(H,43,44). The van der Waals surface area contributed by atoms with Crippen LogP contribution >= 0.6 is 23.2 Å². The van der Waals surface area contributed by atoms with E-state index in [9.17, 15) is 24.3 Å². The SMILES string of the molecule is COc1nc(-c2cccc(-c3cccc(NC(=O)c4nn(C)c(=O)n(C)c4=O)c3Cl)c2Cl)cc2c1C(N1CCC(C(=O)O)C1)CC2. The number of carbonyl (C=O) groups excluding carboxylic acids is 1. The van der Waals surface area contributed by atoms with E-state index in [0.29, 0.717) is 52.8 Å². The Morgan fingerprint density at radius 3 is 2.41 bits per heavy atom. The number of benzene rings is 2. The van der Waals surface area contributed by atoms with Crippen LogP contribution in [-0.2, 0) is 25.3 Å². The molecule has 2 aliphatic rings. The smallest absolute Gasteiger partial charge is 0.346 e. The Bertz CT molecular complexity index is 2030. The highest BCUT2D eigenvalue weighted by atomic mass is 35.5. The second kappa shape index (κ2) is 12.3. The number of likely N-dealkylation sites (tertiary alicyclic amines) is 1. The van der Waals surface area contributed by atoms with Gasteiger partial charge in [-0.1, -0.05) is 53.5 Å². The lowest BCUT2D eigenvalue weighted by atomic mass is 9.99. The summed E-state index contributed by atoms with van der Waals surface area (Å²) < 4.78 is 7.48. The molecule has 2 N–H and O–H groups in total. The topological polar surface area (TPSA) is 149 Å². The number of carboxylic acids is 1. The number of aromatic nitrogens is 4. The molecule has 2 aromatic heterocycles. The molecule has 238 valence electrons. The minimum absolute atomic E-state index is 0.0329. The van der Waals surface area contributed by atoms with Gasteiger partial charge < -0.3 is 15.2 Å². The predicted molar refractivity (Wildman–Crippen MR) is 173 cm³/mol. The molecule has 1 amide bonds. The highest BCUT2D eigenvalue weighted by molar-refractivity contribution is 6.39. The summed E-state index contributed by atoms with van der Waals surface area (Å²) in [6.45, 7) is 1.20. The minimum atomic E-state index is -0.836. The molecule has 1 fully saturated rings. The second-order valence-corrected chi connectivity index (χ2v) is 12.1. The van der Waals surface area contributed by atoms with Gasteiger partial charge in [-0.25, -0.2) is 14.5 Å². The third-order valence-corrected chi connectivity index (χ3v) is 9.49. The summed E-state index contributed by atoms with van der Waals surface area (Å²) in [5, 5.41) is 16.5. The number of rotatable bonds is 7. The van der Waals surface area contributed by atoms with Crippen LogP contribution < -0.4 is 21.3 Å². The van der Waals surface area contributed by atoms with Gasteiger partial charge in [0.2, 0.25) is 11.6 Å². The van der Waals surface area contributed by atoms with Gasteiger partial charge >= 0.3 is 11.7 Å². The fourth-order valence-electron chi connectivity index (χ4n) is 6.31. The molecule has 6 rings (SSSR count). The monoisotopic (exact) mass is 664 g/mol. The number of carboxylic acid groups (broad SMARTS) is 1. The minimum Gasteiger partial charge on any atom is -0.481 e. The number of anilines is 1. The van der Waals surface area contributed by atoms with Gasteiger partial charge in [0.05, 0.1) is 34.5 Å². The van der Waals surface area contributed by atoms with Crippen molar-refractivity contribution in [1.29, 1.82) is 0 Å². The molecule has 3 heterocycles. The summed E-state index contributed by atoms with van der Waals surface area (Å²) in [5.74, 6) is -1.48. The van der Waals surface area contributed by atoms with Crippen molar-refractivity contribution in [2.75, 3.05) is 25.5 Å². The largest absolute Gasteiger partial charge is 0.481 e. The van der Waals surface area contributed by atoms with Gasteiger partial charge in [-0.2, -0.15) is 5.10 Å². The lowest BCUT2D eigenvalue weighted by Crippen LogP contribution is -2.43. The molecule has 0 radical (unpaired) electrons. The number of pyridine rings is 1. The van der Waals surface area contributed by atoms with Crippen molar-refractivity contribution < 1.29 is 19.4 Å². The molecule has 12 nitrogen and oxygen atoms in total. The Kier molecular flexibility index (Phi) is 8.45. The van der Waals surface area contributed by atoms with E-state index in [-0.39, 0.29) is 22.7 Å². The molecule has 14 heteroatoms. The quantitative estimate of drug-likeness (QED) is 0.297. The zero-order valence-corrected chi connectivity index (χ0v) is 26.7. The number of methoxy groups -OCH3 is 1. The Morgan fingerprint density at radius 2 is 1.72 bits per heavy atom. The van der Waals surface area contributed by atoms with Crippen LogP contribution in [0, 0.1) is 5.92 Å². The number of aryl methyl sites for hydroxylation is 2. The lowest BCUT2D eigenvalue weighted by Gasteiger charge is -2.25. The van der Waals surface area contributed by atoms with Crippen molar-refractivity contribution in [3.63, 3.8) is 0 Å². The van der Waals surface area contributed by atoms with Crippen LogP contribution in [0.4, 0.5) is 5.69 Å². The van der Waals surface area contributed by atoms with Gasteiger partial charge in [0, 0.05) is 48.9 Å². The normalized spacial score (nSPS) is 17.6. The maximum absolute atomic E-state index is 13.0. The summed E-state index contributed by atoms with van der Waals surface area (Å²) in [6, 6.07) is 12.6. The van der Waals surface area contributed by atoms with Crippen molar-refractivity contribution in [1.82, 2.24) is 24.2 Å². The highest BCUT2D eigenvalue weighted by Crippen LogP contribution is 2.46. The number of aliphatic carboxylic acids is 1. The Labute approximate surface area is 273 Å². The van der Waals surface area contributed by atoms with Gasteiger partial charge in [0.1, 0.15) is 0 Å². The van der Waals surface area contributed by atoms with Crippen LogP contribution in [0.3, 0.4) is 0 Å². The number of ether oxygens (including phenoxy) is 1. The van der Waals surface area contributed by atoms with Gasteiger partial charge in [-0.3, -0.25) is 23.9 Å². The van der Waals surface area contributed by atoms with E-state index >= 15 is 0 Å². The van der Waals surface area contributed by atoms with Gasteiger partial charge in [0.25, 0.3) is 11.5 Å². The summed E-state index contributed by atoms with van der Waals surface area (Å²) in [4.78, 5) is 56.2. The third kappa shape index (κ3) is 5.46. The molecule has 2 unspecified atom stereocenters. The molecule has 0 saturated carbocycles.